The van der Waals surface area contributed by atoms with E-state index >= 15 is 0 Å². The zero-order valence-corrected chi connectivity index (χ0v) is 22.7. The molecule has 2 aromatic rings. The Morgan fingerprint density at radius 3 is 2.29 bits per heavy atom. The monoisotopic (exact) mass is 502 g/mol. The van der Waals surface area contributed by atoms with E-state index in [0.29, 0.717) is 16.2 Å². The van der Waals surface area contributed by atoms with E-state index in [4.69, 9.17) is 0 Å². The number of amides is 1. The number of phenolic OH excluding ortho intramolecular Hbond substituents is 1. The Labute approximate surface area is 212 Å². The summed E-state index contributed by atoms with van der Waals surface area (Å²) >= 11 is 0.271. The van der Waals surface area contributed by atoms with Crippen molar-refractivity contribution in [2.45, 2.75) is 62.2 Å². The van der Waals surface area contributed by atoms with Crippen molar-refractivity contribution < 1.29 is 14.5 Å². The normalized spacial score (nSPS) is 17.2. The van der Waals surface area contributed by atoms with E-state index in [0.717, 1.165) is 61.3 Å². The third-order valence-corrected chi connectivity index (χ3v) is 9.14. The molecular weight excluding hydrogens is 464 g/mol. The third kappa shape index (κ3) is 5.86. The number of fused-ring (bicyclic) bond motifs is 1. The lowest BCUT2D eigenvalue weighted by atomic mass is 9.79. The molecule has 1 atom stereocenters. The molecule has 0 spiro atoms. The minimum atomic E-state index is -1.21. The van der Waals surface area contributed by atoms with Crippen LogP contribution in [0.3, 0.4) is 0 Å². The number of aromatic hydroxyl groups is 1. The summed E-state index contributed by atoms with van der Waals surface area (Å²) in [5.74, 6) is 0.756. The molecule has 0 fully saturated rings. The van der Waals surface area contributed by atoms with Crippen molar-refractivity contribution in [2.24, 2.45) is 5.41 Å². The Morgan fingerprint density at radius 2 is 1.76 bits per heavy atom. The number of anilines is 2. The summed E-state index contributed by atoms with van der Waals surface area (Å²) in [5.41, 5.74) is 2.43. The number of nitrogens with zero attached hydrogens (tertiary/aromatic N) is 2. The number of carbonyl (C=O) groups excluding carboxylic acids is 1. The van der Waals surface area contributed by atoms with Gasteiger partial charge in [0.2, 0.25) is 0 Å². The van der Waals surface area contributed by atoms with Crippen molar-refractivity contribution in [1.29, 1.82) is 0 Å². The second-order valence-corrected chi connectivity index (χ2v) is 11.8. The number of thioether (sulfide) groups is 1. The van der Waals surface area contributed by atoms with Crippen LogP contribution in [0.2, 0.25) is 0 Å². The Bertz CT molecular complexity index is 971. The van der Waals surface area contributed by atoms with Gasteiger partial charge in [-0.3, -0.25) is 4.79 Å². The molecule has 1 amide bonds. The fourth-order valence-electron chi connectivity index (χ4n) is 4.72. The van der Waals surface area contributed by atoms with Gasteiger partial charge in [0.15, 0.2) is 4.90 Å². The highest BCUT2D eigenvalue weighted by atomic mass is 32.2. The predicted molar refractivity (Wildman–Crippen MR) is 144 cm³/mol. The van der Waals surface area contributed by atoms with Gasteiger partial charge in [0.25, 0.3) is 5.91 Å². The SMILES string of the molecule is CCCCC1(CCCC)CN(c2ccc(C(=O)N(C)C)cc2)c2cc(SC)c(O)cc2[S+]([O-])C1. The zero-order chi connectivity index (χ0) is 24.9. The van der Waals surface area contributed by atoms with E-state index in [1.807, 2.05) is 36.6 Å². The van der Waals surface area contributed by atoms with Gasteiger partial charge in [0.05, 0.1) is 10.6 Å². The standard InChI is InChI=1S/C27H38N2O3S2/c1-6-8-14-27(15-9-7-2)18-29(21-12-10-20(11-13-21)26(31)28(3)4)22-16-24(33-5)23(30)17-25(22)34(32)19-27/h10-13,16-17,30H,6-9,14-15,18-19H2,1-5H3. The van der Waals surface area contributed by atoms with Gasteiger partial charge in [-0.05, 0) is 60.6 Å². The number of unbranched alkanes of at least 4 members (excludes halogenated alkanes) is 2. The van der Waals surface area contributed by atoms with Crippen molar-refractivity contribution >= 4 is 40.2 Å². The summed E-state index contributed by atoms with van der Waals surface area (Å²) in [4.78, 5) is 17.7. The molecule has 0 radical (unpaired) electrons. The van der Waals surface area contributed by atoms with Gasteiger partial charge in [-0.15, -0.1) is 11.8 Å². The molecule has 1 unspecified atom stereocenters. The smallest absolute Gasteiger partial charge is 0.253 e. The van der Waals surface area contributed by atoms with Gasteiger partial charge in [0.1, 0.15) is 11.5 Å². The van der Waals surface area contributed by atoms with Crippen LogP contribution in [0, 0.1) is 5.41 Å². The molecule has 34 heavy (non-hydrogen) atoms. The van der Waals surface area contributed by atoms with E-state index in [9.17, 15) is 14.5 Å². The van der Waals surface area contributed by atoms with Crippen LogP contribution in [-0.4, -0.2) is 53.1 Å². The summed E-state index contributed by atoms with van der Waals surface area (Å²) in [5, 5.41) is 10.6. The van der Waals surface area contributed by atoms with Gasteiger partial charge < -0.3 is 19.5 Å². The van der Waals surface area contributed by atoms with Crippen LogP contribution in [0.15, 0.2) is 46.2 Å². The molecule has 3 rings (SSSR count). The van der Waals surface area contributed by atoms with E-state index in [-0.39, 0.29) is 17.1 Å². The van der Waals surface area contributed by atoms with Crippen LogP contribution in [0.25, 0.3) is 0 Å². The molecule has 186 valence electrons. The molecule has 2 aromatic carbocycles. The number of hydrogen-bond acceptors (Lipinski definition) is 5. The molecule has 0 saturated heterocycles. The maximum atomic E-state index is 13.7. The van der Waals surface area contributed by atoms with Crippen molar-refractivity contribution in [3.05, 3.63) is 42.0 Å². The number of phenols is 1. The van der Waals surface area contributed by atoms with Crippen LogP contribution in [0.5, 0.6) is 5.75 Å². The van der Waals surface area contributed by atoms with Crippen molar-refractivity contribution in [3.8, 4) is 5.75 Å². The Morgan fingerprint density at radius 1 is 1.15 bits per heavy atom. The number of benzene rings is 2. The van der Waals surface area contributed by atoms with Gasteiger partial charge in [-0.1, -0.05) is 39.5 Å². The van der Waals surface area contributed by atoms with Crippen molar-refractivity contribution in [3.63, 3.8) is 0 Å². The van der Waals surface area contributed by atoms with E-state index < -0.39 is 11.2 Å². The average molecular weight is 503 g/mol. The summed E-state index contributed by atoms with van der Waals surface area (Å²) in [6, 6.07) is 11.4. The predicted octanol–water partition coefficient (Wildman–Crippen LogP) is 6.44. The molecule has 1 aliphatic rings. The molecule has 7 heteroatoms. The second-order valence-electron chi connectivity index (χ2n) is 9.52. The summed E-state index contributed by atoms with van der Waals surface area (Å²) in [6.45, 7) is 5.18. The lowest BCUT2D eigenvalue weighted by Crippen LogP contribution is -2.38. The van der Waals surface area contributed by atoms with Crippen LogP contribution in [0.1, 0.15) is 62.7 Å². The third-order valence-electron chi connectivity index (χ3n) is 6.68. The highest BCUT2D eigenvalue weighted by molar-refractivity contribution is 7.98. The van der Waals surface area contributed by atoms with Crippen LogP contribution >= 0.6 is 11.8 Å². The van der Waals surface area contributed by atoms with Gasteiger partial charge in [0, 0.05) is 43.4 Å². The zero-order valence-electron chi connectivity index (χ0n) is 21.1. The number of carbonyl (C=O) groups is 1. The maximum absolute atomic E-state index is 13.7. The molecule has 0 saturated carbocycles. The fraction of sp³-hybridized carbons (Fsp3) is 0.519. The van der Waals surface area contributed by atoms with Crippen LogP contribution in [-0.2, 0) is 11.2 Å². The number of rotatable bonds is 9. The molecule has 0 bridgehead atoms. The lowest BCUT2D eigenvalue weighted by Gasteiger charge is -2.36. The minimum Gasteiger partial charge on any atom is -0.611 e. The summed E-state index contributed by atoms with van der Waals surface area (Å²) in [7, 11) is 3.51. The quantitative estimate of drug-likeness (QED) is 0.316. The first kappa shape index (κ1) is 26.8. The molecule has 0 aliphatic carbocycles. The fourth-order valence-corrected chi connectivity index (χ4v) is 6.96. The first-order valence-electron chi connectivity index (χ1n) is 12.1. The second kappa shape index (κ2) is 11.7. The summed E-state index contributed by atoms with van der Waals surface area (Å²) in [6.07, 6.45) is 8.40. The Balaban J connectivity index is 2.14. The first-order valence-corrected chi connectivity index (χ1v) is 14.7. The van der Waals surface area contributed by atoms with Crippen LogP contribution < -0.4 is 4.90 Å². The largest absolute Gasteiger partial charge is 0.611 e. The highest BCUT2D eigenvalue weighted by Crippen LogP contribution is 2.47. The molecule has 1 aliphatic heterocycles. The highest BCUT2D eigenvalue weighted by Gasteiger charge is 2.42. The first-order chi connectivity index (χ1) is 16.2. The van der Waals surface area contributed by atoms with Gasteiger partial charge >= 0.3 is 0 Å². The molecular formula is C27H38N2O3S2. The number of hydrogen-bond donors (Lipinski definition) is 1. The van der Waals surface area contributed by atoms with Crippen molar-refractivity contribution in [2.75, 3.05) is 37.5 Å². The van der Waals surface area contributed by atoms with Gasteiger partial charge in [-0.25, -0.2) is 0 Å². The topological polar surface area (TPSA) is 66.8 Å². The van der Waals surface area contributed by atoms with Gasteiger partial charge in [-0.2, -0.15) is 0 Å². The average Bonchev–Trinajstić information content (AvgIpc) is 2.95. The van der Waals surface area contributed by atoms with E-state index in [2.05, 4.69) is 18.7 Å². The minimum absolute atomic E-state index is 0.0289. The van der Waals surface area contributed by atoms with E-state index in [1.165, 1.54) is 11.8 Å². The summed E-state index contributed by atoms with van der Waals surface area (Å²) < 4.78 is 13.7. The van der Waals surface area contributed by atoms with Crippen molar-refractivity contribution in [1.82, 2.24) is 4.90 Å². The lowest BCUT2D eigenvalue weighted by molar-refractivity contribution is 0.0827. The molecule has 1 N–H and O–H groups in total. The van der Waals surface area contributed by atoms with Crippen LogP contribution in [0.4, 0.5) is 11.4 Å². The maximum Gasteiger partial charge on any atom is 0.253 e. The Hall–Kier alpha value is -1.83. The molecule has 1 heterocycles. The van der Waals surface area contributed by atoms with E-state index in [1.54, 1.807) is 25.1 Å². The molecule has 5 nitrogen and oxygen atoms in total. The Kier molecular flexibility index (Phi) is 9.24. The molecule has 0 aromatic heterocycles.